The summed E-state index contributed by atoms with van der Waals surface area (Å²) < 4.78 is 57.6. The van der Waals surface area contributed by atoms with Gasteiger partial charge in [0.2, 0.25) is 0 Å². The lowest BCUT2D eigenvalue weighted by Gasteiger charge is -2.31. The van der Waals surface area contributed by atoms with E-state index in [9.17, 15) is 37.1 Å². The van der Waals surface area contributed by atoms with Gasteiger partial charge in [-0.15, -0.1) is 0 Å². The normalized spacial score (nSPS) is 16.1. The Morgan fingerprint density at radius 2 is 1.81 bits per heavy atom. The largest absolute Gasteiger partial charge is 0.418 e. The molecule has 0 unspecified atom stereocenters. The van der Waals surface area contributed by atoms with E-state index >= 15 is 0 Å². The molecule has 0 bridgehead atoms. The van der Waals surface area contributed by atoms with Crippen LogP contribution in [0.4, 0.5) is 18.9 Å². The Balaban J connectivity index is 2.34. The molecular weight excluding hydrogens is 394 g/mol. The van der Waals surface area contributed by atoms with Crippen LogP contribution in [0, 0.1) is 0 Å². The molecule has 1 aromatic heterocycles. The van der Waals surface area contributed by atoms with Gasteiger partial charge in [-0.2, -0.15) is 13.2 Å². The van der Waals surface area contributed by atoms with Gasteiger partial charge in [0.05, 0.1) is 35.5 Å². The lowest BCUT2D eigenvalue weighted by molar-refractivity contribution is -0.137. The Morgan fingerprint density at radius 3 is 2.37 bits per heavy atom. The first kappa shape index (κ1) is 19.6. The molecule has 0 aliphatic carbocycles. The van der Waals surface area contributed by atoms with Crippen LogP contribution >= 0.6 is 7.60 Å². The molecule has 0 radical (unpaired) electrons. The maximum absolute atomic E-state index is 13.5. The van der Waals surface area contributed by atoms with E-state index in [-0.39, 0.29) is 43.0 Å². The zero-order chi connectivity index (χ0) is 20.0. The molecule has 1 saturated heterocycles. The lowest BCUT2D eigenvalue weighted by atomic mass is 10.1. The average molecular weight is 409 g/mol. The highest BCUT2D eigenvalue weighted by Gasteiger charge is 2.36. The molecule has 3 N–H and O–H groups in total. The molecule has 0 saturated carbocycles. The van der Waals surface area contributed by atoms with Crippen LogP contribution in [0.15, 0.2) is 21.7 Å². The molecule has 148 valence electrons. The molecule has 1 aromatic carbocycles. The number of fused-ring (bicyclic) bond motifs is 1. The first-order chi connectivity index (χ1) is 12.5. The number of benzene rings is 1. The number of aromatic amines is 1. The summed E-state index contributed by atoms with van der Waals surface area (Å²) in [5.74, 6) is 0. The van der Waals surface area contributed by atoms with Crippen molar-refractivity contribution in [2.75, 3.05) is 31.2 Å². The first-order valence-electron chi connectivity index (χ1n) is 7.73. The molecule has 3 rings (SSSR count). The van der Waals surface area contributed by atoms with Crippen molar-refractivity contribution in [1.82, 2.24) is 9.55 Å². The van der Waals surface area contributed by atoms with Crippen LogP contribution in [0.3, 0.4) is 0 Å². The standard InChI is InChI=1S/C14H15F3N3O6P/c15-14(16,17)8-5-9-11(6-10(8)19-1-3-26-4-2-19)20(7-27(23,24)25)13(22)12(21)18-9/h5-6H,1-4,7H2,(H,18,21)(H2,23,24,25). The van der Waals surface area contributed by atoms with Gasteiger partial charge in [0.15, 0.2) is 0 Å². The average Bonchev–Trinajstić information content (AvgIpc) is 2.57. The van der Waals surface area contributed by atoms with Crippen LogP contribution in [0.25, 0.3) is 11.0 Å². The second-order valence-corrected chi connectivity index (χ2v) is 7.59. The van der Waals surface area contributed by atoms with E-state index in [0.717, 1.165) is 6.07 Å². The maximum Gasteiger partial charge on any atom is 0.418 e. The van der Waals surface area contributed by atoms with Crippen LogP contribution in [-0.4, -0.2) is 45.6 Å². The van der Waals surface area contributed by atoms with E-state index < -0.39 is 36.7 Å². The number of aromatic nitrogens is 2. The fourth-order valence-electron chi connectivity index (χ4n) is 2.93. The summed E-state index contributed by atoms with van der Waals surface area (Å²) in [7, 11) is -4.78. The highest BCUT2D eigenvalue weighted by atomic mass is 31.2. The Morgan fingerprint density at radius 1 is 1.19 bits per heavy atom. The van der Waals surface area contributed by atoms with Crippen molar-refractivity contribution < 1.29 is 32.3 Å². The number of rotatable bonds is 3. The smallest absolute Gasteiger partial charge is 0.378 e. The van der Waals surface area contributed by atoms with Gasteiger partial charge < -0.3 is 24.4 Å². The van der Waals surface area contributed by atoms with Gasteiger partial charge in [-0.25, -0.2) is 0 Å². The lowest BCUT2D eigenvalue weighted by Crippen LogP contribution is -2.38. The van der Waals surface area contributed by atoms with Gasteiger partial charge in [-0.1, -0.05) is 0 Å². The van der Waals surface area contributed by atoms with Crippen LogP contribution in [0.5, 0.6) is 0 Å². The predicted octanol–water partition coefficient (Wildman–Crippen LogP) is 0.680. The van der Waals surface area contributed by atoms with Crippen LogP contribution in [0.2, 0.25) is 0 Å². The SMILES string of the molecule is O=c1[nH]c2cc(C(F)(F)F)c(N3CCOCC3)cc2n(CP(=O)(O)O)c1=O. The Hall–Kier alpha value is -2.14. The highest BCUT2D eigenvalue weighted by molar-refractivity contribution is 7.50. The van der Waals surface area contributed by atoms with Crippen LogP contribution < -0.4 is 16.0 Å². The maximum atomic E-state index is 13.5. The van der Waals surface area contributed by atoms with Crippen molar-refractivity contribution in [1.29, 1.82) is 0 Å². The molecule has 0 spiro atoms. The number of nitrogens with one attached hydrogen (secondary N) is 1. The molecule has 2 heterocycles. The number of hydrogen-bond donors (Lipinski definition) is 3. The van der Waals surface area contributed by atoms with E-state index in [1.807, 2.05) is 4.98 Å². The minimum absolute atomic E-state index is 0.167. The van der Waals surface area contributed by atoms with Crippen molar-refractivity contribution >= 4 is 24.3 Å². The predicted molar refractivity (Wildman–Crippen MR) is 88.9 cm³/mol. The number of nitrogens with zero attached hydrogens (tertiary/aromatic N) is 2. The van der Waals surface area contributed by atoms with E-state index in [4.69, 9.17) is 4.74 Å². The van der Waals surface area contributed by atoms with Gasteiger partial charge in [0.1, 0.15) is 6.29 Å². The summed E-state index contributed by atoms with van der Waals surface area (Å²) in [4.78, 5) is 45.6. The number of hydrogen-bond acceptors (Lipinski definition) is 5. The minimum Gasteiger partial charge on any atom is -0.378 e. The number of morpholine rings is 1. The Kier molecular flexibility index (Phi) is 4.93. The summed E-state index contributed by atoms with van der Waals surface area (Å²) in [6, 6.07) is 1.67. The minimum atomic E-state index is -4.78. The van der Waals surface area contributed by atoms with Gasteiger partial charge in [-0.05, 0) is 12.1 Å². The zero-order valence-corrected chi connectivity index (χ0v) is 14.6. The number of alkyl halides is 3. The molecule has 0 amide bonds. The zero-order valence-electron chi connectivity index (χ0n) is 13.7. The van der Waals surface area contributed by atoms with E-state index in [0.29, 0.717) is 10.6 Å². The van der Waals surface area contributed by atoms with Gasteiger partial charge in [0.25, 0.3) is 0 Å². The molecule has 0 atom stereocenters. The van der Waals surface area contributed by atoms with Gasteiger partial charge in [0, 0.05) is 13.1 Å². The molecule has 1 fully saturated rings. The molecule has 1 aliphatic rings. The third kappa shape index (κ3) is 4.08. The van der Waals surface area contributed by atoms with E-state index in [1.165, 1.54) is 4.90 Å². The number of anilines is 1. The second-order valence-electron chi connectivity index (χ2n) is 5.98. The third-order valence-electron chi connectivity index (χ3n) is 4.08. The van der Waals surface area contributed by atoms with Crippen molar-refractivity contribution in [2.45, 2.75) is 12.5 Å². The number of ether oxygens (including phenoxy) is 1. The van der Waals surface area contributed by atoms with E-state index in [1.54, 1.807) is 0 Å². The van der Waals surface area contributed by atoms with Crippen molar-refractivity contribution in [3.63, 3.8) is 0 Å². The fourth-order valence-corrected chi connectivity index (χ4v) is 3.58. The second kappa shape index (κ2) is 6.79. The molecule has 27 heavy (non-hydrogen) atoms. The van der Waals surface area contributed by atoms with E-state index in [2.05, 4.69) is 0 Å². The Bertz CT molecular complexity index is 1040. The molecule has 2 aromatic rings. The number of halogens is 3. The van der Waals surface area contributed by atoms with Crippen molar-refractivity contribution in [3.8, 4) is 0 Å². The topological polar surface area (TPSA) is 125 Å². The molecule has 1 aliphatic heterocycles. The quantitative estimate of drug-likeness (QED) is 0.503. The van der Waals surface area contributed by atoms with Crippen LogP contribution in [-0.2, 0) is 21.8 Å². The van der Waals surface area contributed by atoms with Crippen molar-refractivity contribution in [2.24, 2.45) is 0 Å². The molecule has 9 nitrogen and oxygen atoms in total. The fraction of sp³-hybridized carbons (Fsp3) is 0.429. The van der Waals surface area contributed by atoms with Gasteiger partial charge in [-0.3, -0.25) is 18.7 Å². The summed E-state index contributed by atoms with van der Waals surface area (Å²) in [5.41, 5.74) is -4.39. The summed E-state index contributed by atoms with van der Waals surface area (Å²) in [5, 5.41) is 0. The molecular formula is C14H15F3N3O6P. The highest BCUT2D eigenvalue weighted by Crippen LogP contribution is 2.40. The van der Waals surface area contributed by atoms with Crippen LogP contribution in [0.1, 0.15) is 5.56 Å². The first-order valence-corrected chi connectivity index (χ1v) is 9.52. The van der Waals surface area contributed by atoms with Crippen molar-refractivity contribution in [3.05, 3.63) is 38.4 Å². The summed E-state index contributed by atoms with van der Waals surface area (Å²) in [6.45, 7) is 0.744. The monoisotopic (exact) mass is 409 g/mol. The van der Waals surface area contributed by atoms with Gasteiger partial charge >= 0.3 is 24.9 Å². The third-order valence-corrected chi connectivity index (χ3v) is 4.73. The summed E-state index contributed by atoms with van der Waals surface area (Å²) in [6.07, 6.45) is -5.87. The Labute approximate surface area is 149 Å². The summed E-state index contributed by atoms with van der Waals surface area (Å²) >= 11 is 0. The molecule has 13 heteroatoms. The number of H-pyrrole nitrogens is 1.